The SMILES string of the molecule is CC(C(=O)O)n1ccc(C(=O)Nc2nn(Cc3ccc(F)cc3Cl)cc2Cl)n1. The van der Waals surface area contributed by atoms with Crippen LogP contribution in [0.4, 0.5) is 10.2 Å². The summed E-state index contributed by atoms with van der Waals surface area (Å²) in [4.78, 5) is 23.3. The standard InChI is InChI=1S/C17H14Cl2FN5O3/c1-9(17(27)28)25-5-4-14(22-25)16(26)21-15-13(19)8-24(23-15)7-10-2-3-11(20)6-12(10)18/h2-6,8-9H,7H2,1H3,(H,27,28)(H,21,23,26). The van der Waals surface area contributed by atoms with Crippen LogP contribution in [-0.2, 0) is 11.3 Å². The first-order chi connectivity index (χ1) is 13.2. The van der Waals surface area contributed by atoms with E-state index in [0.29, 0.717) is 5.56 Å². The molecule has 0 bridgehead atoms. The lowest BCUT2D eigenvalue weighted by Gasteiger charge is -2.06. The number of nitrogens with zero attached hydrogens (tertiary/aromatic N) is 4. The summed E-state index contributed by atoms with van der Waals surface area (Å²) in [5.41, 5.74) is 0.641. The fourth-order valence-corrected chi connectivity index (χ4v) is 2.77. The Kier molecular flexibility index (Phi) is 5.66. The number of halogens is 3. The molecule has 2 heterocycles. The van der Waals surface area contributed by atoms with Gasteiger partial charge in [-0.05, 0) is 30.7 Å². The van der Waals surface area contributed by atoms with Crippen LogP contribution in [-0.4, -0.2) is 36.5 Å². The number of aliphatic carboxylic acids is 1. The zero-order chi connectivity index (χ0) is 20.4. The molecular weight excluding hydrogens is 412 g/mol. The smallest absolute Gasteiger partial charge is 0.328 e. The third-order valence-corrected chi connectivity index (χ3v) is 4.52. The number of carboxylic acids is 1. The summed E-state index contributed by atoms with van der Waals surface area (Å²) in [5, 5.41) is 20.1. The second kappa shape index (κ2) is 7.99. The molecule has 0 saturated carbocycles. The lowest BCUT2D eigenvalue weighted by atomic mass is 10.2. The molecular formula is C17H14Cl2FN5O3. The van der Waals surface area contributed by atoms with E-state index in [1.165, 1.54) is 48.3 Å². The zero-order valence-corrected chi connectivity index (χ0v) is 15.9. The number of rotatable bonds is 6. The number of carbonyl (C=O) groups is 2. The van der Waals surface area contributed by atoms with Gasteiger partial charge in [0.2, 0.25) is 0 Å². The molecule has 3 rings (SSSR count). The van der Waals surface area contributed by atoms with Crippen molar-refractivity contribution in [3.63, 3.8) is 0 Å². The molecule has 0 aliphatic rings. The second-order valence-electron chi connectivity index (χ2n) is 5.91. The van der Waals surface area contributed by atoms with Crippen molar-refractivity contribution in [3.05, 3.63) is 63.8 Å². The number of aromatic nitrogens is 4. The van der Waals surface area contributed by atoms with Gasteiger partial charge >= 0.3 is 5.97 Å². The number of hydrogen-bond acceptors (Lipinski definition) is 4. The summed E-state index contributed by atoms with van der Waals surface area (Å²) in [5.74, 6) is -2.01. The molecule has 0 saturated heterocycles. The molecule has 0 fully saturated rings. The first-order valence-electron chi connectivity index (χ1n) is 8.01. The maximum atomic E-state index is 13.1. The van der Waals surface area contributed by atoms with Gasteiger partial charge in [-0.15, -0.1) is 0 Å². The first-order valence-corrected chi connectivity index (χ1v) is 8.76. The molecule has 146 valence electrons. The molecule has 11 heteroatoms. The normalized spacial score (nSPS) is 12.0. The minimum atomic E-state index is -1.07. The lowest BCUT2D eigenvalue weighted by molar-refractivity contribution is -0.140. The number of nitrogens with one attached hydrogen (secondary N) is 1. The summed E-state index contributed by atoms with van der Waals surface area (Å²) in [6.45, 7) is 1.66. The Morgan fingerprint density at radius 3 is 2.68 bits per heavy atom. The highest BCUT2D eigenvalue weighted by molar-refractivity contribution is 6.33. The van der Waals surface area contributed by atoms with Crippen molar-refractivity contribution >= 4 is 40.9 Å². The predicted molar refractivity (Wildman–Crippen MR) is 100 cm³/mol. The average Bonchev–Trinajstić information content (AvgIpc) is 3.24. The first kappa shape index (κ1) is 19.8. The van der Waals surface area contributed by atoms with Gasteiger partial charge in [-0.1, -0.05) is 29.3 Å². The fraction of sp³-hybridized carbons (Fsp3) is 0.176. The quantitative estimate of drug-likeness (QED) is 0.629. The Labute approximate surface area is 168 Å². The maximum Gasteiger partial charge on any atom is 0.328 e. The predicted octanol–water partition coefficient (Wildman–Crippen LogP) is 3.47. The molecule has 0 aliphatic heterocycles. The van der Waals surface area contributed by atoms with Crippen LogP contribution in [0.15, 0.2) is 36.7 Å². The molecule has 3 aromatic rings. The second-order valence-corrected chi connectivity index (χ2v) is 6.72. The number of anilines is 1. The lowest BCUT2D eigenvalue weighted by Crippen LogP contribution is -2.18. The van der Waals surface area contributed by atoms with Crippen LogP contribution >= 0.6 is 23.2 Å². The van der Waals surface area contributed by atoms with Gasteiger partial charge in [-0.2, -0.15) is 10.2 Å². The highest BCUT2D eigenvalue weighted by Crippen LogP contribution is 2.23. The van der Waals surface area contributed by atoms with E-state index < -0.39 is 23.7 Å². The highest BCUT2D eigenvalue weighted by atomic mass is 35.5. The Hall–Kier alpha value is -2.91. The van der Waals surface area contributed by atoms with Crippen molar-refractivity contribution in [2.45, 2.75) is 19.5 Å². The molecule has 1 amide bonds. The van der Waals surface area contributed by atoms with E-state index in [4.69, 9.17) is 28.3 Å². The highest BCUT2D eigenvalue weighted by Gasteiger charge is 2.19. The third kappa shape index (κ3) is 4.32. The Morgan fingerprint density at radius 1 is 1.25 bits per heavy atom. The molecule has 28 heavy (non-hydrogen) atoms. The largest absolute Gasteiger partial charge is 0.480 e. The fourth-order valence-electron chi connectivity index (χ4n) is 2.35. The topological polar surface area (TPSA) is 102 Å². The molecule has 1 aromatic carbocycles. The van der Waals surface area contributed by atoms with Crippen LogP contribution in [0.3, 0.4) is 0 Å². The van der Waals surface area contributed by atoms with E-state index in [9.17, 15) is 14.0 Å². The average molecular weight is 426 g/mol. The summed E-state index contributed by atoms with van der Waals surface area (Å²) in [6, 6.07) is 4.48. The van der Waals surface area contributed by atoms with E-state index in [-0.39, 0.29) is 28.1 Å². The van der Waals surface area contributed by atoms with Crippen molar-refractivity contribution in [2.75, 3.05) is 5.32 Å². The van der Waals surface area contributed by atoms with E-state index in [1.807, 2.05) is 0 Å². The molecule has 2 N–H and O–H groups in total. The van der Waals surface area contributed by atoms with Gasteiger partial charge in [0.05, 0.1) is 6.54 Å². The van der Waals surface area contributed by atoms with Gasteiger partial charge in [0.15, 0.2) is 11.5 Å². The minimum absolute atomic E-state index is 0.0142. The summed E-state index contributed by atoms with van der Waals surface area (Å²) in [6.07, 6.45) is 2.88. The van der Waals surface area contributed by atoms with Crippen molar-refractivity contribution in [1.82, 2.24) is 19.6 Å². The Bertz CT molecular complexity index is 1050. The maximum absolute atomic E-state index is 13.1. The van der Waals surface area contributed by atoms with Gasteiger partial charge < -0.3 is 10.4 Å². The molecule has 1 unspecified atom stereocenters. The summed E-state index contributed by atoms with van der Waals surface area (Å²) in [7, 11) is 0. The molecule has 0 aliphatic carbocycles. The summed E-state index contributed by atoms with van der Waals surface area (Å²) >= 11 is 12.1. The molecule has 8 nitrogen and oxygen atoms in total. The number of carboxylic acid groups (broad SMARTS) is 1. The molecule has 0 spiro atoms. The van der Waals surface area contributed by atoms with Gasteiger partial charge in [0.1, 0.15) is 16.9 Å². The third-order valence-electron chi connectivity index (χ3n) is 3.89. The van der Waals surface area contributed by atoms with E-state index >= 15 is 0 Å². The zero-order valence-electron chi connectivity index (χ0n) is 14.4. The van der Waals surface area contributed by atoms with E-state index in [2.05, 4.69) is 15.5 Å². The number of hydrogen-bond donors (Lipinski definition) is 2. The van der Waals surface area contributed by atoms with Crippen molar-refractivity contribution in [1.29, 1.82) is 0 Å². The van der Waals surface area contributed by atoms with Crippen molar-refractivity contribution in [3.8, 4) is 0 Å². The number of amides is 1. The summed E-state index contributed by atoms with van der Waals surface area (Å²) < 4.78 is 15.7. The van der Waals surface area contributed by atoms with Crippen LogP contribution in [0.2, 0.25) is 10.0 Å². The van der Waals surface area contributed by atoms with Crippen molar-refractivity contribution < 1.29 is 19.1 Å². The van der Waals surface area contributed by atoms with Crippen LogP contribution < -0.4 is 5.32 Å². The van der Waals surface area contributed by atoms with Gasteiger partial charge in [-0.3, -0.25) is 14.2 Å². The van der Waals surface area contributed by atoms with Gasteiger partial charge in [0.25, 0.3) is 5.91 Å². The Morgan fingerprint density at radius 2 is 2.00 bits per heavy atom. The van der Waals surface area contributed by atoms with Gasteiger partial charge in [0, 0.05) is 17.4 Å². The van der Waals surface area contributed by atoms with Crippen molar-refractivity contribution in [2.24, 2.45) is 0 Å². The van der Waals surface area contributed by atoms with E-state index in [1.54, 1.807) is 0 Å². The number of carbonyl (C=O) groups excluding carboxylic acids is 1. The van der Waals surface area contributed by atoms with Crippen LogP contribution in [0, 0.1) is 5.82 Å². The number of benzene rings is 1. The van der Waals surface area contributed by atoms with Crippen LogP contribution in [0.25, 0.3) is 0 Å². The molecule has 0 radical (unpaired) electrons. The van der Waals surface area contributed by atoms with E-state index in [0.717, 1.165) is 4.68 Å². The molecule has 1 atom stereocenters. The minimum Gasteiger partial charge on any atom is -0.480 e. The molecule has 2 aromatic heterocycles. The van der Waals surface area contributed by atoms with Crippen LogP contribution in [0.5, 0.6) is 0 Å². The monoisotopic (exact) mass is 425 g/mol. The Balaban J connectivity index is 1.73. The van der Waals surface area contributed by atoms with Crippen LogP contribution in [0.1, 0.15) is 29.0 Å². The van der Waals surface area contributed by atoms with Gasteiger partial charge in [-0.25, -0.2) is 9.18 Å².